The molecule has 2 rings (SSSR count). The minimum atomic E-state index is 0.449. The third-order valence-electron chi connectivity index (χ3n) is 2.23. The molecule has 0 amide bonds. The second-order valence-electron chi connectivity index (χ2n) is 3.59. The zero-order chi connectivity index (χ0) is 10.5. The topological polar surface area (TPSA) is 38.1 Å². The van der Waals surface area contributed by atoms with Gasteiger partial charge in [-0.2, -0.15) is 11.3 Å². The Hall–Kier alpha value is -1.13. The molecular weight excluding hydrogens is 208 g/mol. The van der Waals surface area contributed by atoms with Gasteiger partial charge in [0.1, 0.15) is 5.76 Å². The van der Waals surface area contributed by atoms with E-state index >= 15 is 0 Å². The molecule has 0 aromatic carbocycles. The van der Waals surface area contributed by atoms with E-state index in [0.29, 0.717) is 6.04 Å². The first-order chi connectivity index (χ1) is 7.34. The molecule has 0 aliphatic rings. The molecule has 2 heterocycles. The molecule has 4 heteroatoms. The van der Waals surface area contributed by atoms with Gasteiger partial charge in [-0.15, -0.1) is 0 Å². The number of thiophene rings is 1. The summed E-state index contributed by atoms with van der Waals surface area (Å²) in [4.78, 5) is 3.87. The van der Waals surface area contributed by atoms with Gasteiger partial charge in [0.2, 0.25) is 0 Å². The smallest absolute Gasteiger partial charge is 0.180 e. The molecule has 0 spiro atoms. The Labute approximate surface area is 93.2 Å². The van der Waals surface area contributed by atoms with Crippen LogP contribution in [0.25, 0.3) is 0 Å². The van der Waals surface area contributed by atoms with Crippen molar-refractivity contribution in [2.24, 2.45) is 0 Å². The van der Waals surface area contributed by atoms with E-state index in [4.69, 9.17) is 4.42 Å². The summed E-state index contributed by atoms with van der Waals surface area (Å²) in [6.45, 7) is 2.92. The molecule has 0 bridgehead atoms. The van der Waals surface area contributed by atoms with Crippen LogP contribution in [0.2, 0.25) is 0 Å². The van der Waals surface area contributed by atoms with Crippen LogP contribution in [0.4, 0.5) is 0 Å². The SMILES string of the molecule is CC(Cc1ccsc1)NCc1cnco1. The van der Waals surface area contributed by atoms with E-state index in [9.17, 15) is 0 Å². The second kappa shape index (κ2) is 5.09. The van der Waals surface area contributed by atoms with E-state index < -0.39 is 0 Å². The van der Waals surface area contributed by atoms with E-state index in [1.807, 2.05) is 0 Å². The lowest BCUT2D eigenvalue weighted by molar-refractivity contribution is 0.451. The Balaban J connectivity index is 1.76. The van der Waals surface area contributed by atoms with Crippen LogP contribution in [-0.4, -0.2) is 11.0 Å². The van der Waals surface area contributed by atoms with Crippen LogP contribution >= 0.6 is 11.3 Å². The van der Waals surface area contributed by atoms with Crippen molar-refractivity contribution in [1.82, 2.24) is 10.3 Å². The molecule has 0 aliphatic carbocycles. The number of oxazole rings is 1. The largest absolute Gasteiger partial charge is 0.447 e. The number of rotatable bonds is 5. The van der Waals surface area contributed by atoms with Gasteiger partial charge >= 0.3 is 0 Å². The number of aromatic nitrogens is 1. The predicted octanol–water partition coefficient (Wildman–Crippen LogP) is 2.46. The van der Waals surface area contributed by atoms with Gasteiger partial charge < -0.3 is 9.73 Å². The van der Waals surface area contributed by atoms with Crippen LogP contribution in [0.1, 0.15) is 18.2 Å². The molecule has 3 nitrogen and oxygen atoms in total. The Kier molecular flexibility index (Phi) is 3.53. The van der Waals surface area contributed by atoms with Crippen molar-refractivity contribution in [2.45, 2.75) is 25.9 Å². The van der Waals surface area contributed by atoms with Crippen LogP contribution in [0.3, 0.4) is 0 Å². The van der Waals surface area contributed by atoms with Crippen LogP contribution < -0.4 is 5.32 Å². The van der Waals surface area contributed by atoms with Crippen molar-refractivity contribution in [3.63, 3.8) is 0 Å². The number of nitrogens with zero attached hydrogens (tertiary/aromatic N) is 1. The maximum atomic E-state index is 5.15. The highest BCUT2D eigenvalue weighted by atomic mass is 32.1. The maximum Gasteiger partial charge on any atom is 0.180 e. The first-order valence-electron chi connectivity index (χ1n) is 4.96. The second-order valence-corrected chi connectivity index (χ2v) is 4.37. The normalized spacial score (nSPS) is 12.9. The standard InChI is InChI=1S/C11H14N2OS/c1-9(4-10-2-3-15-7-10)13-6-11-5-12-8-14-11/h2-3,5,7-9,13H,4,6H2,1H3. The van der Waals surface area contributed by atoms with E-state index in [-0.39, 0.29) is 0 Å². The first-order valence-corrected chi connectivity index (χ1v) is 5.90. The Morgan fingerprint density at radius 1 is 1.60 bits per heavy atom. The lowest BCUT2D eigenvalue weighted by atomic mass is 10.1. The van der Waals surface area contributed by atoms with Crippen molar-refractivity contribution in [3.05, 3.63) is 40.7 Å². The van der Waals surface area contributed by atoms with E-state index in [0.717, 1.165) is 18.7 Å². The average molecular weight is 222 g/mol. The summed E-state index contributed by atoms with van der Waals surface area (Å²) < 4.78 is 5.15. The van der Waals surface area contributed by atoms with Gasteiger partial charge in [-0.25, -0.2) is 4.98 Å². The maximum absolute atomic E-state index is 5.15. The molecule has 2 aromatic rings. The van der Waals surface area contributed by atoms with Crippen molar-refractivity contribution in [3.8, 4) is 0 Å². The molecular formula is C11H14N2OS. The van der Waals surface area contributed by atoms with Crippen LogP contribution in [0, 0.1) is 0 Å². The zero-order valence-electron chi connectivity index (χ0n) is 8.64. The van der Waals surface area contributed by atoms with Gasteiger partial charge in [-0.1, -0.05) is 0 Å². The third-order valence-corrected chi connectivity index (χ3v) is 2.96. The third kappa shape index (κ3) is 3.18. The monoisotopic (exact) mass is 222 g/mol. The highest BCUT2D eigenvalue weighted by molar-refractivity contribution is 7.07. The molecule has 80 valence electrons. The highest BCUT2D eigenvalue weighted by Gasteiger charge is 2.04. The minimum absolute atomic E-state index is 0.449. The number of nitrogens with one attached hydrogen (secondary N) is 1. The highest BCUT2D eigenvalue weighted by Crippen LogP contribution is 2.08. The van der Waals surface area contributed by atoms with E-state index in [2.05, 4.69) is 34.1 Å². The molecule has 1 atom stereocenters. The summed E-state index contributed by atoms with van der Waals surface area (Å²) in [7, 11) is 0. The fourth-order valence-electron chi connectivity index (χ4n) is 1.44. The van der Waals surface area contributed by atoms with Gasteiger partial charge in [0.15, 0.2) is 6.39 Å². The van der Waals surface area contributed by atoms with E-state index in [1.165, 1.54) is 12.0 Å². The zero-order valence-corrected chi connectivity index (χ0v) is 9.46. The molecule has 1 unspecified atom stereocenters. The van der Waals surface area contributed by atoms with Crippen LogP contribution in [-0.2, 0) is 13.0 Å². The quantitative estimate of drug-likeness (QED) is 0.844. The minimum Gasteiger partial charge on any atom is -0.447 e. The molecule has 15 heavy (non-hydrogen) atoms. The first kappa shape index (κ1) is 10.4. The Morgan fingerprint density at radius 3 is 3.20 bits per heavy atom. The van der Waals surface area contributed by atoms with E-state index in [1.54, 1.807) is 17.5 Å². The Morgan fingerprint density at radius 2 is 2.53 bits per heavy atom. The molecule has 0 aliphatic heterocycles. The summed E-state index contributed by atoms with van der Waals surface area (Å²) in [5.74, 6) is 0.882. The fraction of sp³-hybridized carbons (Fsp3) is 0.364. The summed E-state index contributed by atoms with van der Waals surface area (Å²) in [5, 5.41) is 7.69. The van der Waals surface area contributed by atoms with Gasteiger partial charge in [0.25, 0.3) is 0 Å². The predicted molar refractivity (Wildman–Crippen MR) is 60.8 cm³/mol. The van der Waals surface area contributed by atoms with Crippen molar-refractivity contribution in [1.29, 1.82) is 0 Å². The van der Waals surface area contributed by atoms with Gasteiger partial charge in [-0.3, -0.25) is 0 Å². The molecule has 2 aromatic heterocycles. The fourth-order valence-corrected chi connectivity index (χ4v) is 2.12. The van der Waals surface area contributed by atoms with Crippen LogP contribution in [0.5, 0.6) is 0 Å². The van der Waals surface area contributed by atoms with Gasteiger partial charge in [0.05, 0.1) is 12.7 Å². The van der Waals surface area contributed by atoms with Gasteiger partial charge in [0, 0.05) is 6.04 Å². The molecule has 0 fully saturated rings. The number of hydrogen-bond donors (Lipinski definition) is 1. The van der Waals surface area contributed by atoms with Crippen molar-refractivity contribution >= 4 is 11.3 Å². The van der Waals surface area contributed by atoms with Crippen molar-refractivity contribution < 1.29 is 4.42 Å². The molecule has 0 saturated carbocycles. The molecule has 0 saturated heterocycles. The lowest BCUT2D eigenvalue weighted by Gasteiger charge is -2.11. The average Bonchev–Trinajstić information content (AvgIpc) is 2.86. The summed E-state index contributed by atoms with van der Waals surface area (Å²) >= 11 is 1.74. The lowest BCUT2D eigenvalue weighted by Crippen LogP contribution is -2.27. The summed E-state index contributed by atoms with van der Waals surface area (Å²) in [6, 6.07) is 2.61. The number of hydrogen-bond acceptors (Lipinski definition) is 4. The van der Waals surface area contributed by atoms with Crippen LogP contribution in [0.15, 0.2) is 33.8 Å². The summed E-state index contributed by atoms with van der Waals surface area (Å²) in [6.07, 6.45) is 4.25. The summed E-state index contributed by atoms with van der Waals surface area (Å²) in [5.41, 5.74) is 1.39. The van der Waals surface area contributed by atoms with Gasteiger partial charge in [-0.05, 0) is 35.7 Å². The molecule has 0 radical (unpaired) electrons. The van der Waals surface area contributed by atoms with Crippen molar-refractivity contribution in [2.75, 3.05) is 0 Å². The Bertz CT molecular complexity index is 369. The molecule has 1 N–H and O–H groups in total.